The summed E-state index contributed by atoms with van der Waals surface area (Å²) in [5, 5.41) is 18.8. The molecular formula is C27H34N4O4. The lowest BCUT2D eigenvalue weighted by Gasteiger charge is -2.38. The molecule has 2 aromatic rings. The van der Waals surface area contributed by atoms with E-state index < -0.39 is 18.1 Å². The van der Waals surface area contributed by atoms with Crippen LogP contribution in [0.4, 0.5) is 0 Å². The molecule has 0 radical (unpaired) electrons. The van der Waals surface area contributed by atoms with Crippen LogP contribution in [0.25, 0.3) is 0 Å². The number of rotatable bonds is 6. The van der Waals surface area contributed by atoms with Gasteiger partial charge in [0.2, 0.25) is 17.7 Å². The van der Waals surface area contributed by atoms with Gasteiger partial charge in [0.15, 0.2) is 0 Å². The van der Waals surface area contributed by atoms with Gasteiger partial charge in [-0.15, -0.1) is 0 Å². The van der Waals surface area contributed by atoms with E-state index in [1.165, 1.54) is 10.5 Å². The number of phenolic OH excluding ortho intramolecular Hbond substituents is 1. The van der Waals surface area contributed by atoms with Crippen molar-refractivity contribution in [2.24, 2.45) is 0 Å². The molecule has 0 fully saturated rings. The van der Waals surface area contributed by atoms with E-state index in [0.29, 0.717) is 6.42 Å². The van der Waals surface area contributed by atoms with Crippen molar-refractivity contribution in [3.05, 3.63) is 64.7 Å². The Labute approximate surface area is 206 Å². The molecule has 1 unspecified atom stereocenters. The van der Waals surface area contributed by atoms with Crippen LogP contribution in [0.2, 0.25) is 0 Å². The Bertz CT molecular complexity index is 1120. The number of carbonyl (C=O) groups is 3. The van der Waals surface area contributed by atoms with Gasteiger partial charge in [0.1, 0.15) is 17.8 Å². The molecule has 2 aliphatic rings. The lowest BCUT2D eigenvalue weighted by atomic mass is 9.87. The minimum Gasteiger partial charge on any atom is -0.508 e. The Morgan fingerprint density at radius 1 is 1.03 bits per heavy atom. The van der Waals surface area contributed by atoms with Crippen LogP contribution in [0.3, 0.4) is 0 Å². The number of hydrogen-bond acceptors (Lipinski definition) is 5. The number of aromatic hydroxyl groups is 1. The number of nitrogens with zero attached hydrogens (tertiary/aromatic N) is 1. The van der Waals surface area contributed by atoms with Gasteiger partial charge in [-0.1, -0.05) is 30.3 Å². The highest BCUT2D eigenvalue weighted by Crippen LogP contribution is 2.31. The van der Waals surface area contributed by atoms with E-state index in [9.17, 15) is 19.5 Å². The smallest absolute Gasteiger partial charge is 0.245 e. The van der Waals surface area contributed by atoms with Gasteiger partial charge in [-0.2, -0.15) is 0 Å². The largest absolute Gasteiger partial charge is 0.508 e. The Kier molecular flexibility index (Phi) is 7.40. The third-order valence-electron chi connectivity index (χ3n) is 7.15. The zero-order valence-corrected chi connectivity index (χ0v) is 20.5. The van der Waals surface area contributed by atoms with E-state index in [-0.39, 0.29) is 36.1 Å². The van der Waals surface area contributed by atoms with Crippen LogP contribution in [0.5, 0.6) is 5.75 Å². The fourth-order valence-corrected chi connectivity index (χ4v) is 4.99. The molecule has 0 bridgehead atoms. The first-order chi connectivity index (χ1) is 16.8. The van der Waals surface area contributed by atoms with Crippen LogP contribution >= 0.6 is 0 Å². The summed E-state index contributed by atoms with van der Waals surface area (Å²) in [5.74, 6) is -0.717. The van der Waals surface area contributed by atoms with E-state index in [2.05, 4.69) is 28.1 Å². The van der Waals surface area contributed by atoms with Gasteiger partial charge in [0, 0.05) is 13.0 Å². The van der Waals surface area contributed by atoms with Crippen molar-refractivity contribution >= 4 is 17.7 Å². The molecular weight excluding hydrogens is 444 g/mol. The lowest BCUT2D eigenvalue weighted by molar-refractivity contribution is -0.144. The molecule has 0 spiro atoms. The first-order valence-corrected chi connectivity index (χ1v) is 12.3. The Balaban J connectivity index is 1.57. The lowest BCUT2D eigenvalue weighted by Crippen LogP contribution is -2.58. The number of phenols is 1. The summed E-state index contributed by atoms with van der Waals surface area (Å²) in [5.41, 5.74) is 4.10. The van der Waals surface area contributed by atoms with Gasteiger partial charge >= 0.3 is 0 Å². The number of aryl methyl sites for hydroxylation is 1. The summed E-state index contributed by atoms with van der Waals surface area (Å²) < 4.78 is 0. The molecule has 1 heterocycles. The van der Waals surface area contributed by atoms with Gasteiger partial charge in [0.25, 0.3) is 0 Å². The number of benzene rings is 2. The Morgan fingerprint density at radius 2 is 1.80 bits per heavy atom. The van der Waals surface area contributed by atoms with Crippen LogP contribution in [-0.4, -0.2) is 52.9 Å². The second-order valence-corrected chi connectivity index (χ2v) is 9.53. The first-order valence-electron chi connectivity index (χ1n) is 12.3. The molecule has 8 nitrogen and oxygen atoms in total. The monoisotopic (exact) mass is 478 g/mol. The molecule has 4 N–H and O–H groups in total. The molecule has 186 valence electrons. The van der Waals surface area contributed by atoms with Crippen LogP contribution in [0.15, 0.2) is 42.5 Å². The second kappa shape index (κ2) is 10.5. The van der Waals surface area contributed by atoms with Crippen molar-refractivity contribution in [3.8, 4) is 5.75 Å². The summed E-state index contributed by atoms with van der Waals surface area (Å²) in [6, 6.07) is 11.1. The quantitative estimate of drug-likeness (QED) is 0.507. The molecule has 1 aliphatic heterocycles. The van der Waals surface area contributed by atoms with E-state index in [4.69, 9.17) is 0 Å². The summed E-state index contributed by atoms with van der Waals surface area (Å²) >= 11 is 0. The van der Waals surface area contributed by atoms with E-state index >= 15 is 0 Å². The number of carbonyl (C=O) groups excluding carboxylic acids is 3. The summed E-state index contributed by atoms with van der Waals surface area (Å²) in [6.07, 6.45) is 3.18. The average Bonchev–Trinajstić information content (AvgIpc) is 2.86. The standard InChI is InChI=1S/C27H34N4O4/c1-16(28-3)25(33)29-17(2)27(35)31-15-20-13-21(32)12-11-19(20)14-24(31)26(34)30-23-10-6-8-18-7-4-5-9-22(18)23/h4-5,7,9,11-13,16-17,23-24,28,32H,6,8,10,14-15H2,1-3H3,(H,29,33)(H,30,34)/t16-,17-,23?,24-/m0/s1. The van der Waals surface area contributed by atoms with Crippen LogP contribution in [0, 0.1) is 0 Å². The van der Waals surface area contributed by atoms with Crippen molar-refractivity contribution in [3.63, 3.8) is 0 Å². The summed E-state index contributed by atoms with van der Waals surface area (Å²) in [6.45, 7) is 3.53. The highest BCUT2D eigenvalue weighted by Gasteiger charge is 2.38. The zero-order chi connectivity index (χ0) is 25.1. The SMILES string of the molecule is CN[C@@H](C)C(=O)N[C@@H](C)C(=O)N1Cc2cc(O)ccc2C[C@H]1C(=O)NC1CCCc2ccccc21. The molecule has 4 atom stereocenters. The predicted molar refractivity (Wildman–Crippen MR) is 133 cm³/mol. The molecule has 1 aliphatic carbocycles. The molecule has 8 heteroatoms. The van der Waals surface area contributed by atoms with Crippen LogP contribution in [-0.2, 0) is 33.8 Å². The predicted octanol–water partition coefficient (Wildman–Crippen LogP) is 1.95. The summed E-state index contributed by atoms with van der Waals surface area (Å²) in [4.78, 5) is 41.0. The molecule has 2 aromatic carbocycles. The Morgan fingerprint density at radius 3 is 2.57 bits per heavy atom. The number of amides is 3. The zero-order valence-electron chi connectivity index (χ0n) is 20.5. The Hall–Kier alpha value is -3.39. The highest BCUT2D eigenvalue weighted by atomic mass is 16.3. The molecule has 0 saturated heterocycles. The van der Waals surface area contributed by atoms with Gasteiger partial charge < -0.3 is 26.0 Å². The van der Waals surface area contributed by atoms with E-state index in [1.807, 2.05) is 18.2 Å². The summed E-state index contributed by atoms with van der Waals surface area (Å²) in [7, 11) is 1.68. The van der Waals surface area contributed by atoms with Crippen molar-refractivity contribution in [1.82, 2.24) is 20.9 Å². The average molecular weight is 479 g/mol. The van der Waals surface area contributed by atoms with Gasteiger partial charge in [0.05, 0.1) is 12.1 Å². The third kappa shape index (κ3) is 5.32. The number of likely N-dealkylation sites (N-methyl/N-ethyl adjacent to an activating group) is 1. The van der Waals surface area contributed by atoms with Crippen LogP contribution in [0.1, 0.15) is 55.0 Å². The minimum absolute atomic E-state index is 0.0979. The van der Waals surface area contributed by atoms with Crippen molar-refractivity contribution < 1.29 is 19.5 Å². The van der Waals surface area contributed by atoms with Crippen molar-refractivity contribution in [2.75, 3.05) is 7.05 Å². The number of hydrogen-bond donors (Lipinski definition) is 4. The molecule has 3 amide bonds. The maximum absolute atomic E-state index is 13.6. The first kappa shape index (κ1) is 24.7. The fourth-order valence-electron chi connectivity index (χ4n) is 4.99. The van der Waals surface area contributed by atoms with E-state index in [0.717, 1.165) is 36.0 Å². The minimum atomic E-state index is -0.803. The van der Waals surface area contributed by atoms with Crippen molar-refractivity contribution in [1.29, 1.82) is 0 Å². The van der Waals surface area contributed by atoms with E-state index in [1.54, 1.807) is 33.0 Å². The maximum atomic E-state index is 13.6. The topological polar surface area (TPSA) is 111 Å². The highest BCUT2D eigenvalue weighted by molar-refractivity contribution is 5.93. The third-order valence-corrected chi connectivity index (χ3v) is 7.15. The molecule has 0 aromatic heterocycles. The maximum Gasteiger partial charge on any atom is 0.245 e. The second-order valence-electron chi connectivity index (χ2n) is 9.53. The number of fused-ring (bicyclic) bond motifs is 2. The van der Waals surface area contributed by atoms with Gasteiger partial charge in [-0.3, -0.25) is 14.4 Å². The molecule has 4 rings (SSSR count). The van der Waals surface area contributed by atoms with Crippen LogP contribution < -0.4 is 16.0 Å². The molecule has 35 heavy (non-hydrogen) atoms. The molecule has 0 saturated carbocycles. The number of nitrogens with one attached hydrogen (secondary N) is 3. The van der Waals surface area contributed by atoms with Gasteiger partial charge in [-0.25, -0.2) is 0 Å². The van der Waals surface area contributed by atoms with Crippen molar-refractivity contribution in [2.45, 2.75) is 70.2 Å². The normalized spacial score (nSPS) is 20.7. The van der Waals surface area contributed by atoms with Gasteiger partial charge in [-0.05, 0) is 74.5 Å². The fraction of sp³-hybridized carbons (Fsp3) is 0.444.